The van der Waals surface area contributed by atoms with Crippen LogP contribution in [0.5, 0.6) is 0 Å². The van der Waals surface area contributed by atoms with Gasteiger partial charge in [-0.25, -0.2) is 18.7 Å². The Balaban J connectivity index is 1.64. The first-order valence-corrected chi connectivity index (χ1v) is 10.4. The van der Waals surface area contributed by atoms with Crippen molar-refractivity contribution in [2.24, 2.45) is 0 Å². The van der Waals surface area contributed by atoms with E-state index in [0.717, 1.165) is 31.4 Å². The third-order valence-electron chi connectivity index (χ3n) is 5.56. The monoisotopic (exact) mass is 422 g/mol. The van der Waals surface area contributed by atoms with Gasteiger partial charge in [-0.2, -0.15) is 0 Å². The summed E-state index contributed by atoms with van der Waals surface area (Å²) in [5.74, 6) is 0.0930. The first kappa shape index (κ1) is 20.9. The molecule has 2 aromatic carbocycles. The van der Waals surface area contributed by atoms with Crippen molar-refractivity contribution < 1.29 is 13.6 Å². The van der Waals surface area contributed by atoms with Crippen molar-refractivity contribution in [2.75, 3.05) is 11.4 Å². The molecule has 160 valence electrons. The molecule has 1 atom stereocenters. The highest BCUT2D eigenvalue weighted by atomic mass is 19.1. The van der Waals surface area contributed by atoms with Crippen molar-refractivity contribution in [3.63, 3.8) is 0 Å². The van der Waals surface area contributed by atoms with E-state index in [0.29, 0.717) is 22.8 Å². The van der Waals surface area contributed by atoms with Gasteiger partial charge < -0.3 is 10.2 Å². The van der Waals surface area contributed by atoms with Crippen LogP contribution in [0.3, 0.4) is 0 Å². The van der Waals surface area contributed by atoms with Crippen LogP contribution in [0.4, 0.5) is 14.6 Å². The zero-order valence-electron chi connectivity index (χ0n) is 17.3. The summed E-state index contributed by atoms with van der Waals surface area (Å²) in [4.78, 5) is 24.2. The van der Waals surface area contributed by atoms with E-state index in [4.69, 9.17) is 4.98 Å². The molecule has 2 heterocycles. The first-order valence-electron chi connectivity index (χ1n) is 10.4. The van der Waals surface area contributed by atoms with E-state index < -0.39 is 0 Å². The molecule has 4 rings (SSSR count). The van der Waals surface area contributed by atoms with Gasteiger partial charge >= 0.3 is 0 Å². The van der Waals surface area contributed by atoms with E-state index >= 15 is 0 Å². The Kier molecular flexibility index (Phi) is 6.21. The molecule has 3 aromatic rings. The molecule has 0 unspecified atom stereocenters. The number of anilines is 1. The fraction of sp³-hybridized carbons (Fsp3) is 0.292. The van der Waals surface area contributed by atoms with Crippen LogP contribution < -0.4 is 10.2 Å². The highest BCUT2D eigenvalue weighted by Crippen LogP contribution is 2.28. The summed E-state index contributed by atoms with van der Waals surface area (Å²) in [6, 6.07) is 12.2. The molecule has 1 saturated heterocycles. The Bertz CT molecular complexity index is 1050. The Morgan fingerprint density at radius 2 is 1.74 bits per heavy atom. The summed E-state index contributed by atoms with van der Waals surface area (Å²) in [6.45, 7) is 3.20. The van der Waals surface area contributed by atoms with E-state index in [1.807, 2.05) is 0 Å². The number of nitrogens with zero attached hydrogens (tertiary/aromatic N) is 3. The second-order valence-corrected chi connectivity index (χ2v) is 7.79. The third kappa shape index (κ3) is 4.87. The van der Waals surface area contributed by atoms with Crippen LogP contribution >= 0.6 is 0 Å². The van der Waals surface area contributed by atoms with Crippen molar-refractivity contribution in [1.82, 2.24) is 15.3 Å². The predicted octanol–water partition coefficient (Wildman–Crippen LogP) is 4.73. The van der Waals surface area contributed by atoms with Gasteiger partial charge in [0.05, 0.1) is 0 Å². The first-order chi connectivity index (χ1) is 15.0. The number of piperidine rings is 1. The van der Waals surface area contributed by atoms with Crippen molar-refractivity contribution >= 4 is 11.7 Å². The van der Waals surface area contributed by atoms with Crippen molar-refractivity contribution in [2.45, 2.75) is 38.8 Å². The van der Waals surface area contributed by atoms with Crippen molar-refractivity contribution in [1.29, 1.82) is 0 Å². The number of hydrogen-bond acceptors (Lipinski definition) is 4. The molecule has 0 aliphatic carbocycles. The Morgan fingerprint density at radius 1 is 1.06 bits per heavy atom. The highest BCUT2D eigenvalue weighted by Gasteiger charge is 2.26. The smallest absolute Gasteiger partial charge is 0.256 e. The number of rotatable bonds is 5. The van der Waals surface area contributed by atoms with E-state index in [2.05, 4.69) is 22.1 Å². The molecule has 1 aliphatic rings. The van der Waals surface area contributed by atoms with Crippen molar-refractivity contribution in [3.8, 4) is 11.4 Å². The molecule has 7 heteroatoms. The molecule has 0 spiro atoms. The number of nitrogens with one attached hydrogen (secondary N) is 1. The van der Waals surface area contributed by atoms with Crippen LogP contribution in [-0.4, -0.2) is 28.5 Å². The summed E-state index contributed by atoms with van der Waals surface area (Å²) in [6.07, 6.45) is 4.71. The SMILES string of the molecule is C[C@H]1CCCCN1c1nc(-c2ccc(F)cc2)ncc1C(=O)NCc1ccc(F)cc1. The number of halogens is 2. The number of benzene rings is 2. The second kappa shape index (κ2) is 9.20. The number of hydrogen-bond donors (Lipinski definition) is 1. The molecule has 1 amide bonds. The molecule has 1 N–H and O–H groups in total. The largest absolute Gasteiger partial charge is 0.353 e. The summed E-state index contributed by atoms with van der Waals surface area (Å²) in [7, 11) is 0. The predicted molar refractivity (Wildman–Crippen MR) is 116 cm³/mol. The number of carbonyl (C=O) groups is 1. The van der Waals surface area contributed by atoms with Gasteiger partial charge in [-0.15, -0.1) is 0 Å². The lowest BCUT2D eigenvalue weighted by Gasteiger charge is -2.35. The maximum Gasteiger partial charge on any atom is 0.256 e. The Hall–Kier alpha value is -3.35. The quantitative estimate of drug-likeness (QED) is 0.646. The van der Waals surface area contributed by atoms with Crippen LogP contribution in [0.1, 0.15) is 42.1 Å². The second-order valence-electron chi connectivity index (χ2n) is 7.79. The maximum atomic E-state index is 13.3. The topological polar surface area (TPSA) is 58.1 Å². The van der Waals surface area contributed by atoms with Gasteiger partial charge in [0.1, 0.15) is 23.0 Å². The van der Waals surface area contributed by atoms with E-state index in [1.165, 1.54) is 30.5 Å². The van der Waals surface area contributed by atoms with Gasteiger partial charge in [-0.3, -0.25) is 4.79 Å². The fourth-order valence-corrected chi connectivity index (χ4v) is 3.78. The summed E-state index contributed by atoms with van der Waals surface area (Å²) in [5, 5.41) is 2.88. The molecule has 1 fully saturated rings. The lowest BCUT2D eigenvalue weighted by Crippen LogP contribution is -2.40. The van der Waals surface area contributed by atoms with Crippen LogP contribution in [0.2, 0.25) is 0 Å². The molecule has 1 aliphatic heterocycles. The minimum atomic E-state index is -0.328. The van der Waals surface area contributed by atoms with E-state index in [-0.39, 0.29) is 30.1 Å². The normalized spacial score (nSPS) is 16.2. The maximum absolute atomic E-state index is 13.3. The molecule has 0 radical (unpaired) electrons. The summed E-state index contributed by atoms with van der Waals surface area (Å²) in [5.41, 5.74) is 1.87. The van der Waals surface area contributed by atoms with Crippen LogP contribution in [0.15, 0.2) is 54.7 Å². The summed E-state index contributed by atoms with van der Waals surface area (Å²) < 4.78 is 26.4. The van der Waals surface area contributed by atoms with Crippen molar-refractivity contribution in [3.05, 3.63) is 77.5 Å². The average Bonchev–Trinajstić information content (AvgIpc) is 2.79. The van der Waals surface area contributed by atoms with E-state index in [9.17, 15) is 13.6 Å². The fourth-order valence-electron chi connectivity index (χ4n) is 3.78. The molecule has 0 bridgehead atoms. The molecular weight excluding hydrogens is 398 g/mol. The van der Waals surface area contributed by atoms with Gasteiger partial charge in [0.2, 0.25) is 0 Å². The molecular formula is C24H24F2N4O. The van der Waals surface area contributed by atoms with Gasteiger partial charge in [-0.05, 0) is 68.1 Å². The number of aromatic nitrogens is 2. The Morgan fingerprint density at radius 3 is 2.42 bits per heavy atom. The molecule has 31 heavy (non-hydrogen) atoms. The van der Waals surface area contributed by atoms with Gasteiger partial charge in [-0.1, -0.05) is 12.1 Å². The minimum absolute atomic E-state index is 0.244. The van der Waals surface area contributed by atoms with E-state index in [1.54, 1.807) is 24.3 Å². The lowest BCUT2D eigenvalue weighted by atomic mass is 10.0. The lowest BCUT2D eigenvalue weighted by molar-refractivity contribution is 0.0950. The van der Waals surface area contributed by atoms with Crippen LogP contribution in [-0.2, 0) is 6.54 Å². The Labute approximate surface area is 180 Å². The van der Waals surface area contributed by atoms with Gasteiger partial charge in [0.15, 0.2) is 5.82 Å². The zero-order valence-corrected chi connectivity index (χ0v) is 17.3. The molecule has 1 aromatic heterocycles. The molecule has 5 nitrogen and oxygen atoms in total. The number of carbonyl (C=O) groups excluding carboxylic acids is 1. The molecule has 0 saturated carbocycles. The van der Waals surface area contributed by atoms with Crippen LogP contribution in [0.25, 0.3) is 11.4 Å². The third-order valence-corrected chi connectivity index (χ3v) is 5.56. The minimum Gasteiger partial charge on any atom is -0.353 e. The van der Waals surface area contributed by atoms with Crippen LogP contribution in [0, 0.1) is 11.6 Å². The zero-order chi connectivity index (χ0) is 21.8. The highest BCUT2D eigenvalue weighted by molar-refractivity contribution is 5.99. The standard InChI is InChI=1S/C24H24F2N4O/c1-16-4-2-3-13-30(16)23-21(24(31)28-14-17-5-9-19(25)10-6-17)15-27-22(29-23)18-7-11-20(26)12-8-18/h5-12,15-16H,2-4,13-14H2,1H3,(H,28,31)/t16-/m0/s1. The summed E-state index contributed by atoms with van der Waals surface area (Å²) >= 11 is 0. The van der Waals surface area contributed by atoms with Gasteiger partial charge in [0, 0.05) is 30.9 Å². The number of amides is 1. The van der Waals surface area contributed by atoms with Gasteiger partial charge in [0.25, 0.3) is 5.91 Å². The average molecular weight is 422 g/mol.